The maximum absolute atomic E-state index is 12.4. The van der Waals surface area contributed by atoms with Crippen molar-refractivity contribution in [1.29, 1.82) is 5.26 Å². The third kappa shape index (κ3) is 4.40. The number of benzene rings is 1. The van der Waals surface area contributed by atoms with Crippen LogP contribution in [-0.4, -0.2) is 11.9 Å². The van der Waals surface area contributed by atoms with Crippen LogP contribution in [-0.2, 0) is 4.79 Å². The standard InChI is InChI=1S/C16H22N2O/c1-4-12(2)15(14-8-6-5-7-9-14)16(19)18-13(3)10-11-17/h5-9,12-13,15H,4,10H2,1-3H3,(H,18,19). The number of nitriles is 1. The average Bonchev–Trinajstić information content (AvgIpc) is 2.40. The molecule has 0 saturated carbocycles. The minimum atomic E-state index is -0.146. The quantitative estimate of drug-likeness (QED) is 0.851. The molecule has 0 aliphatic carbocycles. The highest BCUT2D eigenvalue weighted by Crippen LogP contribution is 2.27. The largest absolute Gasteiger partial charge is 0.352 e. The van der Waals surface area contributed by atoms with Crippen LogP contribution < -0.4 is 5.32 Å². The Morgan fingerprint density at radius 1 is 1.32 bits per heavy atom. The summed E-state index contributed by atoms with van der Waals surface area (Å²) >= 11 is 0. The zero-order chi connectivity index (χ0) is 14.3. The van der Waals surface area contributed by atoms with Gasteiger partial charge in [-0.1, -0.05) is 50.6 Å². The second-order valence-corrected chi connectivity index (χ2v) is 5.05. The van der Waals surface area contributed by atoms with E-state index in [1.54, 1.807) is 0 Å². The molecule has 0 fully saturated rings. The molecule has 1 amide bonds. The predicted molar refractivity (Wildman–Crippen MR) is 76.5 cm³/mol. The highest BCUT2D eigenvalue weighted by atomic mass is 16.1. The highest BCUT2D eigenvalue weighted by Gasteiger charge is 2.26. The zero-order valence-corrected chi connectivity index (χ0v) is 11.9. The minimum absolute atomic E-state index is 0.0169. The minimum Gasteiger partial charge on any atom is -0.352 e. The Bertz CT molecular complexity index is 436. The van der Waals surface area contributed by atoms with Crippen LogP contribution in [0, 0.1) is 17.2 Å². The Hall–Kier alpha value is -1.82. The molecule has 0 aliphatic heterocycles. The first kappa shape index (κ1) is 15.2. The van der Waals surface area contributed by atoms with Crippen molar-refractivity contribution in [1.82, 2.24) is 5.32 Å². The van der Waals surface area contributed by atoms with Crippen molar-refractivity contribution in [3.05, 3.63) is 35.9 Å². The van der Waals surface area contributed by atoms with Crippen LogP contribution in [0.5, 0.6) is 0 Å². The summed E-state index contributed by atoms with van der Waals surface area (Å²) in [5.74, 6) is 0.146. The van der Waals surface area contributed by atoms with E-state index < -0.39 is 0 Å². The van der Waals surface area contributed by atoms with Gasteiger partial charge in [0.25, 0.3) is 0 Å². The smallest absolute Gasteiger partial charge is 0.228 e. The van der Waals surface area contributed by atoms with E-state index in [2.05, 4.69) is 25.2 Å². The van der Waals surface area contributed by atoms with Gasteiger partial charge >= 0.3 is 0 Å². The first-order chi connectivity index (χ1) is 9.10. The Morgan fingerprint density at radius 2 is 1.95 bits per heavy atom. The van der Waals surface area contributed by atoms with E-state index >= 15 is 0 Å². The molecule has 3 nitrogen and oxygen atoms in total. The lowest BCUT2D eigenvalue weighted by Crippen LogP contribution is -2.38. The van der Waals surface area contributed by atoms with E-state index in [-0.39, 0.29) is 23.8 Å². The van der Waals surface area contributed by atoms with Gasteiger partial charge in [0.1, 0.15) is 0 Å². The molecular weight excluding hydrogens is 236 g/mol. The molecule has 19 heavy (non-hydrogen) atoms. The van der Waals surface area contributed by atoms with Gasteiger partial charge in [-0.25, -0.2) is 0 Å². The van der Waals surface area contributed by atoms with Crippen molar-refractivity contribution in [3.63, 3.8) is 0 Å². The van der Waals surface area contributed by atoms with E-state index in [9.17, 15) is 4.79 Å². The van der Waals surface area contributed by atoms with Crippen LogP contribution in [0.2, 0.25) is 0 Å². The molecule has 1 N–H and O–H groups in total. The number of nitrogens with one attached hydrogen (secondary N) is 1. The molecule has 3 heteroatoms. The fourth-order valence-electron chi connectivity index (χ4n) is 2.15. The average molecular weight is 258 g/mol. The fraction of sp³-hybridized carbons (Fsp3) is 0.500. The van der Waals surface area contributed by atoms with Crippen molar-refractivity contribution in [2.45, 2.75) is 45.6 Å². The maximum Gasteiger partial charge on any atom is 0.228 e. The summed E-state index contributed by atoms with van der Waals surface area (Å²) < 4.78 is 0. The molecule has 0 heterocycles. The third-order valence-corrected chi connectivity index (χ3v) is 3.44. The number of nitrogens with zero attached hydrogens (tertiary/aromatic N) is 1. The molecule has 1 aromatic rings. The fourth-order valence-corrected chi connectivity index (χ4v) is 2.15. The summed E-state index contributed by atoms with van der Waals surface area (Å²) in [7, 11) is 0. The molecular formula is C16H22N2O. The van der Waals surface area contributed by atoms with Gasteiger partial charge in [0.2, 0.25) is 5.91 Å². The van der Waals surface area contributed by atoms with Crippen LogP contribution in [0.4, 0.5) is 0 Å². The molecule has 0 radical (unpaired) electrons. The summed E-state index contributed by atoms with van der Waals surface area (Å²) in [4.78, 5) is 12.4. The van der Waals surface area contributed by atoms with Gasteiger partial charge in [-0.3, -0.25) is 4.79 Å². The molecule has 0 bridgehead atoms. The molecule has 0 aromatic heterocycles. The number of amides is 1. The molecule has 1 rings (SSSR count). The number of hydrogen-bond acceptors (Lipinski definition) is 2. The molecule has 0 aliphatic rings. The SMILES string of the molecule is CCC(C)C(C(=O)NC(C)CC#N)c1ccccc1. The van der Waals surface area contributed by atoms with Crippen LogP contribution in [0.15, 0.2) is 30.3 Å². The molecule has 3 unspecified atom stereocenters. The first-order valence-corrected chi connectivity index (χ1v) is 6.82. The molecule has 3 atom stereocenters. The molecule has 1 aromatic carbocycles. The lowest BCUT2D eigenvalue weighted by molar-refractivity contribution is -0.124. The number of carbonyl (C=O) groups excluding carboxylic acids is 1. The molecule has 0 spiro atoms. The Labute approximate surface area is 115 Å². The zero-order valence-electron chi connectivity index (χ0n) is 11.9. The highest BCUT2D eigenvalue weighted by molar-refractivity contribution is 5.84. The lowest BCUT2D eigenvalue weighted by atomic mass is 9.84. The topological polar surface area (TPSA) is 52.9 Å². The van der Waals surface area contributed by atoms with Crippen LogP contribution in [0.1, 0.15) is 45.1 Å². The van der Waals surface area contributed by atoms with Gasteiger partial charge in [-0.05, 0) is 18.4 Å². The molecule has 102 valence electrons. The Morgan fingerprint density at radius 3 is 2.47 bits per heavy atom. The second-order valence-electron chi connectivity index (χ2n) is 5.05. The molecule has 0 saturated heterocycles. The maximum atomic E-state index is 12.4. The number of carbonyl (C=O) groups is 1. The first-order valence-electron chi connectivity index (χ1n) is 6.82. The lowest BCUT2D eigenvalue weighted by Gasteiger charge is -2.24. The normalized spacial score (nSPS) is 15.1. The van der Waals surface area contributed by atoms with Crippen molar-refractivity contribution in [3.8, 4) is 6.07 Å². The van der Waals surface area contributed by atoms with Gasteiger partial charge in [0, 0.05) is 6.04 Å². The van der Waals surface area contributed by atoms with Gasteiger partial charge < -0.3 is 5.32 Å². The van der Waals surface area contributed by atoms with Gasteiger partial charge in [0.15, 0.2) is 0 Å². The van der Waals surface area contributed by atoms with Gasteiger partial charge in [-0.15, -0.1) is 0 Å². The Kier molecular flexibility index (Phi) is 6.08. The van der Waals surface area contributed by atoms with Gasteiger partial charge in [-0.2, -0.15) is 5.26 Å². The van der Waals surface area contributed by atoms with Crippen LogP contribution in [0.3, 0.4) is 0 Å². The van der Waals surface area contributed by atoms with E-state index in [0.717, 1.165) is 12.0 Å². The van der Waals surface area contributed by atoms with E-state index in [0.29, 0.717) is 6.42 Å². The van der Waals surface area contributed by atoms with Crippen molar-refractivity contribution in [2.24, 2.45) is 5.92 Å². The summed E-state index contributed by atoms with van der Waals surface area (Å²) in [6, 6.07) is 11.8. The predicted octanol–water partition coefficient (Wildman–Crippen LogP) is 3.23. The van der Waals surface area contributed by atoms with E-state index in [1.807, 2.05) is 37.3 Å². The van der Waals surface area contributed by atoms with Crippen molar-refractivity contribution < 1.29 is 4.79 Å². The van der Waals surface area contributed by atoms with Crippen LogP contribution in [0.25, 0.3) is 0 Å². The van der Waals surface area contributed by atoms with Crippen LogP contribution >= 0.6 is 0 Å². The monoisotopic (exact) mass is 258 g/mol. The van der Waals surface area contributed by atoms with E-state index in [4.69, 9.17) is 5.26 Å². The number of hydrogen-bond donors (Lipinski definition) is 1. The summed E-state index contributed by atoms with van der Waals surface area (Å²) in [6.45, 7) is 6.04. The summed E-state index contributed by atoms with van der Waals surface area (Å²) in [5, 5.41) is 11.6. The third-order valence-electron chi connectivity index (χ3n) is 3.44. The van der Waals surface area contributed by atoms with Gasteiger partial charge in [0.05, 0.1) is 18.4 Å². The van der Waals surface area contributed by atoms with Crippen molar-refractivity contribution >= 4 is 5.91 Å². The second kappa shape index (κ2) is 7.58. The number of rotatable bonds is 6. The summed E-state index contributed by atoms with van der Waals surface area (Å²) in [6.07, 6.45) is 1.29. The van der Waals surface area contributed by atoms with Crippen molar-refractivity contribution in [2.75, 3.05) is 0 Å². The van der Waals surface area contributed by atoms with E-state index in [1.165, 1.54) is 0 Å². The Balaban J connectivity index is 2.87. The summed E-state index contributed by atoms with van der Waals surface area (Å²) in [5.41, 5.74) is 1.04.